The molecule has 12 heavy (non-hydrogen) atoms. The minimum atomic E-state index is -0.884. The van der Waals surface area contributed by atoms with Gasteiger partial charge in [-0.15, -0.1) is 22.9 Å². The number of halogens is 1. The number of hydrogen-bond donors (Lipinski definition) is 1. The second-order valence-corrected chi connectivity index (χ2v) is 3.49. The van der Waals surface area contributed by atoms with Gasteiger partial charge in [-0.3, -0.25) is 0 Å². The average molecular weight is 203 g/mol. The van der Waals surface area contributed by atoms with Crippen LogP contribution in [-0.2, 0) is 0 Å². The predicted molar refractivity (Wildman–Crippen MR) is 51.0 cm³/mol. The van der Waals surface area contributed by atoms with Crippen molar-refractivity contribution in [2.24, 2.45) is 0 Å². The van der Waals surface area contributed by atoms with Gasteiger partial charge in [-0.2, -0.15) is 0 Å². The normalized spacial score (nSPS) is 10.8. The minimum Gasteiger partial charge on any atom is -0.477 e. The lowest BCUT2D eigenvalue weighted by Gasteiger charge is -1.82. The molecule has 4 heteroatoms. The first-order valence-electron chi connectivity index (χ1n) is 3.29. The third-order valence-corrected chi connectivity index (χ3v) is 2.43. The Bertz CT molecular complexity index is 304. The smallest absolute Gasteiger partial charge is 0.345 e. The third kappa shape index (κ3) is 2.36. The fourth-order valence-electron chi connectivity index (χ4n) is 0.718. The molecular weight excluding hydrogens is 196 g/mol. The highest BCUT2D eigenvalue weighted by Gasteiger charge is 2.04. The first-order valence-corrected chi connectivity index (χ1v) is 4.65. The van der Waals surface area contributed by atoms with Crippen molar-refractivity contribution in [3.05, 3.63) is 28.0 Å². The number of alkyl halides is 1. The molecule has 0 amide bonds. The Kier molecular flexibility index (Phi) is 3.31. The quantitative estimate of drug-likeness (QED) is 0.766. The highest BCUT2D eigenvalue weighted by Crippen LogP contribution is 2.17. The lowest BCUT2D eigenvalue weighted by atomic mass is 10.4. The molecule has 1 N–H and O–H groups in total. The van der Waals surface area contributed by atoms with Gasteiger partial charge < -0.3 is 5.11 Å². The molecule has 0 radical (unpaired) electrons. The number of carbonyl (C=O) groups is 1. The number of thiophene rings is 1. The minimum absolute atomic E-state index is 0.351. The van der Waals surface area contributed by atoms with Gasteiger partial charge in [0, 0.05) is 10.8 Å². The van der Waals surface area contributed by atoms with E-state index in [1.54, 1.807) is 18.2 Å². The van der Waals surface area contributed by atoms with Gasteiger partial charge in [0.25, 0.3) is 0 Å². The third-order valence-electron chi connectivity index (χ3n) is 1.21. The number of aromatic carboxylic acids is 1. The van der Waals surface area contributed by atoms with Crippen LogP contribution in [0.15, 0.2) is 18.2 Å². The molecular formula is C8H7ClO2S. The zero-order valence-electron chi connectivity index (χ0n) is 6.16. The molecule has 1 heterocycles. The Balaban J connectivity index is 2.77. The summed E-state index contributed by atoms with van der Waals surface area (Å²) in [6, 6.07) is 3.35. The van der Waals surface area contributed by atoms with Crippen molar-refractivity contribution < 1.29 is 9.90 Å². The van der Waals surface area contributed by atoms with Crippen molar-refractivity contribution in [1.29, 1.82) is 0 Å². The summed E-state index contributed by atoms with van der Waals surface area (Å²) in [5.74, 6) is -0.439. The number of carboxylic acid groups (broad SMARTS) is 1. The number of rotatable bonds is 3. The molecule has 2 nitrogen and oxygen atoms in total. The summed E-state index contributed by atoms with van der Waals surface area (Å²) in [4.78, 5) is 11.7. The van der Waals surface area contributed by atoms with Gasteiger partial charge in [0.05, 0.1) is 0 Å². The standard InChI is InChI=1S/C8H7ClO2S/c9-5-1-2-6-3-4-7(12-6)8(10)11/h1-4H,5H2,(H,10,11). The second kappa shape index (κ2) is 4.28. The van der Waals surface area contributed by atoms with Crippen LogP contribution < -0.4 is 0 Å². The van der Waals surface area contributed by atoms with Crippen molar-refractivity contribution in [2.45, 2.75) is 0 Å². The summed E-state index contributed by atoms with van der Waals surface area (Å²) in [5, 5.41) is 8.58. The fraction of sp³-hybridized carbons (Fsp3) is 0.125. The van der Waals surface area contributed by atoms with E-state index < -0.39 is 5.97 Å². The summed E-state index contributed by atoms with van der Waals surface area (Å²) in [6.07, 6.45) is 3.59. The van der Waals surface area contributed by atoms with E-state index in [9.17, 15) is 4.79 Å². The van der Waals surface area contributed by atoms with E-state index in [1.807, 2.05) is 6.08 Å². The van der Waals surface area contributed by atoms with Gasteiger partial charge >= 0.3 is 5.97 Å². The number of carboxylic acids is 1. The summed E-state index contributed by atoms with van der Waals surface area (Å²) >= 11 is 6.66. The fourth-order valence-corrected chi connectivity index (χ4v) is 1.58. The molecule has 0 saturated heterocycles. The predicted octanol–water partition coefficient (Wildman–Crippen LogP) is 2.70. The van der Waals surface area contributed by atoms with E-state index in [-0.39, 0.29) is 0 Å². The first kappa shape index (κ1) is 9.29. The van der Waals surface area contributed by atoms with Gasteiger partial charge in [-0.1, -0.05) is 6.08 Å². The van der Waals surface area contributed by atoms with Gasteiger partial charge in [0.15, 0.2) is 0 Å². The van der Waals surface area contributed by atoms with Crippen LogP contribution in [-0.4, -0.2) is 17.0 Å². The maximum absolute atomic E-state index is 10.4. The van der Waals surface area contributed by atoms with Crippen LogP contribution in [0.5, 0.6) is 0 Å². The van der Waals surface area contributed by atoms with Crippen LogP contribution in [0.4, 0.5) is 0 Å². The summed E-state index contributed by atoms with van der Waals surface area (Å²) in [5.41, 5.74) is 0. The van der Waals surface area contributed by atoms with Crippen molar-refractivity contribution in [3.63, 3.8) is 0 Å². The topological polar surface area (TPSA) is 37.3 Å². The van der Waals surface area contributed by atoms with Crippen LogP contribution >= 0.6 is 22.9 Å². The Labute approximate surface area is 79.1 Å². The zero-order valence-corrected chi connectivity index (χ0v) is 7.73. The largest absolute Gasteiger partial charge is 0.477 e. The molecule has 0 aliphatic carbocycles. The van der Waals surface area contributed by atoms with E-state index in [1.165, 1.54) is 11.3 Å². The maximum Gasteiger partial charge on any atom is 0.345 e. The Morgan fingerprint density at radius 3 is 2.92 bits per heavy atom. The Morgan fingerprint density at radius 2 is 2.42 bits per heavy atom. The first-order chi connectivity index (χ1) is 5.74. The van der Waals surface area contributed by atoms with E-state index >= 15 is 0 Å². The van der Waals surface area contributed by atoms with Crippen LogP contribution in [0.25, 0.3) is 6.08 Å². The van der Waals surface area contributed by atoms with E-state index in [4.69, 9.17) is 16.7 Å². The summed E-state index contributed by atoms with van der Waals surface area (Å²) < 4.78 is 0. The van der Waals surface area contributed by atoms with Crippen molar-refractivity contribution in [3.8, 4) is 0 Å². The van der Waals surface area contributed by atoms with Crippen molar-refractivity contribution >= 4 is 35.0 Å². The van der Waals surface area contributed by atoms with E-state index in [2.05, 4.69) is 0 Å². The SMILES string of the molecule is O=C(O)c1ccc(C=CCCl)s1. The molecule has 0 aliphatic heterocycles. The second-order valence-electron chi connectivity index (χ2n) is 2.06. The molecule has 1 rings (SSSR count). The monoisotopic (exact) mass is 202 g/mol. The van der Waals surface area contributed by atoms with Crippen LogP contribution in [0.2, 0.25) is 0 Å². The molecule has 0 fully saturated rings. The van der Waals surface area contributed by atoms with E-state index in [0.717, 1.165) is 4.88 Å². The average Bonchev–Trinajstić information content (AvgIpc) is 2.48. The van der Waals surface area contributed by atoms with Crippen LogP contribution in [0.3, 0.4) is 0 Å². The molecule has 0 aliphatic rings. The lowest BCUT2D eigenvalue weighted by molar-refractivity contribution is 0.0702. The van der Waals surface area contributed by atoms with Crippen LogP contribution in [0.1, 0.15) is 14.5 Å². The molecule has 0 spiro atoms. The van der Waals surface area contributed by atoms with E-state index in [0.29, 0.717) is 10.8 Å². The van der Waals surface area contributed by atoms with Gasteiger partial charge in [0.1, 0.15) is 4.88 Å². The van der Waals surface area contributed by atoms with Gasteiger partial charge in [0.2, 0.25) is 0 Å². The van der Waals surface area contributed by atoms with Crippen LogP contribution in [0, 0.1) is 0 Å². The van der Waals surface area contributed by atoms with Gasteiger partial charge in [-0.05, 0) is 18.2 Å². The molecule has 64 valence electrons. The molecule has 0 unspecified atom stereocenters. The summed E-state index contributed by atoms with van der Waals surface area (Å²) in [7, 11) is 0. The number of hydrogen-bond acceptors (Lipinski definition) is 2. The molecule has 0 saturated carbocycles. The zero-order chi connectivity index (χ0) is 8.97. The Hall–Kier alpha value is -0.800. The molecule has 0 atom stereocenters. The number of allylic oxidation sites excluding steroid dienone is 1. The van der Waals surface area contributed by atoms with Crippen molar-refractivity contribution in [1.82, 2.24) is 0 Å². The van der Waals surface area contributed by atoms with Gasteiger partial charge in [-0.25, -0.2) is 4.79 Å². The highest BCUT2D eigenvalue weighted by molar-refractivity contribution is 7.14. The Morgan fingerprint density at radius 1 is 1.67 bits per heavy atom. The maximum atomic E-state index is 10.4. The molecule has 1 aromatic rings. The summed E-state index contributed by atoms with van der Waals surface area (Å²) in [6.45, 7) is 0. The molecule has 0 bridgehead atoms. The lowest BCUT2D eigenvalue weighted by Crippen LogP contribution is -1.89. The van der Waals surface area contributed by atoms with Crippen molar-refractivity contribution in [2.75, 3.05) is 5.88 Å². The molecule has 0 aromatic carbocycles. The highest BCUT2D eigenvalue weighted by atomic mass is 35.5. The molecule has 1 aromatic heterocycles.